The molecule has 0 aromatic heterocycles. The van der Waals surface area contributed by atoms with Crippen LogP contribution in [0.1, 0.15) is 39.5 Å². The molecule has 4 nitrogen and oxygen atoms in total. The summed E-state index contributed by atoms with van der Waals surface area (Å²) in [5.41, 5.74) is 0. The highest BCUT2D eigenvalue weighted by atomic mass is 16.3. The van der Waals surface area contributed by atoms with Gasteiger partial charge in [0.05, 0.1) is 33.8 Å². The summed E-state index contributed by atoms with van der Waals surface area (Å²) in [4.78, 5) is 14.0. The maximum Gasteiger partial charge on any atom is 0.223 e. The molecular formula is C16H33N2O2+. The maximum atomic E-state index is 12.1. The Kier molecular flexibility index (Phi) is 10.4. The largest absolute Gasteiger partial charge is 0.391 e. The molecule has 0 fully saturated rings. The molecule has 0 radical (unpaired) electrons. The van der Waals surface area contributed by atoms with Gasteiger partial charge < -0.3 is 14.5 Å². The van der Waals surface area contributed by atoms with Crippen molar-refractivity contribution in [1.29, 1.82) is 0 Å². The Morgan fingerprint density at radius 3 is 2.35 bits per heavy atom. The molecule has 0 heterocycles. The van der Waals surface area contributed by atoms with Gasteiger partial charge in [-0.2, -0.15) is 0 Å². The SMILES string of the molecule is CCC/C=C/CCC(=O)N(CC)CC[N+](C)(C)CCO. The van der Waals surface area contributed by atoms with E-state index in [1.807, 2.05) is 11.8 Å². The minimum Gasteiger partial charge on any atom is -0.391 e. The number of quaternary nitrogens is 1. The fourth-order valence-corrected chi connectivity index (χ4v) is 2.00. The molecule has 0 spiro atoms. The van der Waals surface area contributed by atoms with Gasteiger partial charge >= 0.3 is 0 Å². The molecule has 0 saturated carbocycles. The van der Waals surface area contributed by atoms with Gasteiger partial charge in [-0.3, -0.25) is 4.79 Å². The van der Waals surface area contributed by atoms with E-state index in [0.717, 1.165) is 49.9 Å². The average Bonchev–Trinajstić information content (AvgIpc) is 2.39. The molecule has 1 N–H and O–H groups in total. The van der Waals surface area contributed by atoms with Gasteiger partial charge in [0.1, 0.15) is 6.54 Å². The number of allylic oxidation sites excluding steroid dienone is 2. The van der Waals surface area contributed by atoms with E-state index in [1.165, 1.54) is 0 Å². The average molecular weight is 285 g/mol. The number of hydrogen-bond acceptors (Lipinski definition) is 2. The number of aliphatic hydroxyl groups excluding tert-OH is 1. The first-order valence-electron chi connectivity index (χ1n) is 7.82. The summed E-state index contributed by atoms with van der Waals surface area (Å²) < 4.78 is 0.747. The number of amides is 1. The molecule has 1 amide bonds. The summed E-state index contributed by atoms with van der Waals surface area (Å²) in [7, 11) is 4.17. The van der Waals surface area contributed by atoms with Gasteiger partial charge in [-0.1, -0.05) is 25.5 Å². The molecule has 0 saturated heterocycles. The Balaban J connectivity index is 4.08. The smallest absolute Gasteiger partial charge is 0.223 e. The number of carbonyl (C=O) groups is 1. The van der Waals surface area contributed by atoms with E-state index in [1.54, 1.807) is 0 Å². The third-order valence-electron chi connectivity index (χ3n) is 3.56. The molecule has 118 valence electrons. The van der Waals surface area contributed by atoms with Crippen LogP contribution < -0.4 is 0 Å². The summed E-state index contributed by atoms with van der Waals surface area (Å²) in [5.74, 6) is 0.234. The van der Waals surface area contributed by atoms with Crippen LogP contribution in [0.5, 0.6) is 0 Å². The van der Waals surface area contributed by atoms with Crippen LogP contribution in [0.4, 0.5) is 0 Å². The highest BCUT2D eigenvalue weighted by Gasteiger charge is 2.18. The third kappa shape index (κ3) is 9.10. The molecule has 0 bridgehead atoms. The molecule has 0 atom stereocenters. The van der Waals surface area contributed by atoms with E-state index >= 15 is 0 Å². The van der Waals surface area contributed by atoms with Crippen LogP contribution in [0.3, 0.4) is 0 Å². The molecule has 0 aliphatic carbocycles. The molecular weight excluding hydrogens is 252 g/mol. The number of likely N-dealkylation sites (N-methyl/N-ethyl adjacent to an activating group) is 2. The number of rotatable bonds is 11. The van der Waals surface area contributed by atoms with Crippen molar-refractivity contribution in [1.82, 2.24) is 4.90 Å². The van der Waals surface area contributed by atoms with E-state index in [0.29, 0.717) is 6.42 Å². The van der Waals surface area contributed by atoms with E-state index in [4.69, 9.17) is 5.11 Å². The second-order valence-electron chi connectivity index (χ2n) is 5.88. The van der Waals surface area contributed by atoms with E-state index < -0.39 is 0 Å². The highest BCUT2D eigenvalue weighted by molar-refractivity contribution is 5.76. The lowest BCUT2D eigenvalue weighted by Gasteiger charge is -2.31. The Morgan fingerprint density at radius 2 is 1.80 bits per heavy atom. The Bertz CT molecular complexity index is 288. The van der Waals surface area contributed by atoms with Crippen LogP contribution in [-0.2, 0) is 4.79 Å². The first-order chi connectivity index (χ1) is 9.46. The van der Waals surface area contributed by atoms with Crippen LogP contribution in [0.25, 0.3) is 0 Å². The first-order valence-corrected chi connectivity index (χ1v) is 7.82. The number of unbranched alkanes of at least 4 members (excludes halogenated alkanes) is 1. The molecule has 0 aromatic rings. The number of aliphatic hydroxyl groups is 1. The van der Waals surface area contributed by atoms with Crippen LogP contribution in [-0.4, -0.2) is 67.3 Å². The van der Waals surface area contributed by atoms with Crippen molar-refractivity contribution in [3.63, 3.8) is 0 Å². The van der Waals surface area contributed by atoms with Crippen molar-refractivity contribution in [2.45, 2.75) is 39.5 Å². The number of carbonyl (C=O) groups excluding carboxylic acids is 1. The topological polar surface area (TPSA) is 40.5 Å². The lowest BCUT2D eigenvalue weighted by atomic mass is 10.2. The van der Waals surface area contributed by atoms with Gasteiger partial charge in [0, 0.05) is 13.0 Å². The predicted octanol–water partition coefficient (Wildman–Crippen LogP) is 2.04. The molecule has 0 aromatic carbocycles. The molecule has 4 heteroatoms. The van der Waals surface area contributed by atoms with Crippen molar-refractivity contribution in [3.05, 3.63) is 12.2 Å². The zero-order valence-corrected chi connectivity index (χ0v) is 13.8. The minimum absolute atomic E-state index is 0.190. The minimum atomic E-state index is 0.190. The predicted molar refractivity (Wildman–Crippen MR) is 84.5 cm³/mol. The Morgan fingerprint density at radius 1 is 1.15 bits per heavy atom. The Hall–Kier alpha value is -0.870. The van der Waals surface area contributed by atoms with E-state index in [-0.39, 0.29) is 12.5 Å². The molecule has 0 aliphatic heterocycles. The summed E-state index contributed by atoms with van der Waals surface area (Å²) >= 11 is 0. The van der Waals surface area contributed by atoms with Gasteiger partial charge in [-0.15, -0.1) is 0 Å². The van der Waals surface area contributed by atoms with Crippen molar-refractivity contribution < 1.29 is 14.4 Å². The van der Waals surface area contributed by atoms with Crippen molar-refractivity contribution >= 4 is 5.91 Å². The van der Waals surface area contributed by atoms with Crippen LogP contribution in [0, 0.1) is 0 Å². The third-order valence-corrected chi connectivity index (χ3v) is 3.56. The van der Waals surface area contributed by atoms with E-state index in [9.17, 15) is 4.79 Å². The quantitative estimate of drug-likeness (QED) is 0.466. The molecule has 0 rings (SSSR count). The van der Waals surface area contributed by atoms with Gasteiger partial charge in [0.15, 0.2) is 0 Å². The first kappa shape index (κ1) is 19.1. The molecule has 0 aliphatic rings. The zero-order chi connectivity index (χ0) is 15.4. The summed E-state index contributed by atoms with van der Waals surface area (Å²) in [6.45, 7) is 7.50. The maximum absolute atomic E-state index is 12.1. The normalized spacial score (nSPS) is 12.1. The molecule has 0 unspecified atom stereocenters. The van der Waals surface area contributed by atoms with E-state index in [2.05, 4.69) is 33.2 Å². The second kappa shape index (κ2) is 10.9. The van der Waals surface area contributed by atoms with Gasteiger partial charge in [-0.25, -0.2) is 0 Å². The lowest BCUT2D eigenvalue weighted by Crippen LogP contribution is -2.48. The van der Waals surface area contributed by atoms with Crippen LogP contribution >= 0.6 is 0 Å². The van der Waals surface area contributed by atoms with Gasteiger partial charge in [0.2, 0.25) is 5.91 Å². The van der Waals surface area contributed by atoms with Crippen molar-refractivity contribution in [2.75, 3.05) is 46.9 Å². The number of nitrogens with zero attached hydrogens (tertiary/aromatic N) is 2. The highest BCUT2D eigenvalue weighted by Crippen LogP contribution is 2.03. The van der Waals surface area contributed by atoms with Crippen LogP contribution in [0.15, 0.2) is 12.2 Å². The number of hydrogen-bond donors (Lipinski definition) is 1. The summed E-state index contributed by atoms with van der Waals surface area (Å²) in [5, 5.41) is 9.02. The van der Waals surface area contributed by atoms with Gasteiger partial charge in [0.25, 0.3) is 0 Å². The van der Waals surface area contributed by atoms with Crippen molar-refractivity contribution in [2.24, 2.45) is 0 Å². The summed E-state index contributed by atoms with van der Waals surface area (Å²) in [6, 6.07) is 0. The summed E-state index contributed by atoms with van der Waals surface area (Å²) in [6.07, 6.45) is 7.96. The van der Waals surface area contributed by atoms with Crippen molar-refractivity contribution in [3.8, 4) is 0 Å². The Labute approximate surface area is 124 Å². The molecule has 20 heavy (non-hydrogen) atoms. The van der Waals surface area contributed by atoms with Crippen LogP contribution in [0.2, 0.25) is 0 Å². The monoisotopic (exact) mass is 285 g/mol. The fourth-order valence-electron chi connectivity index (χ4n) is 2.00. The fraction of sp³-hybridized carbons (Fsp3) is 0.812. The lowest BCUT2D eigenvalue weighted by molar-refractivity contribution is -0.890. The zero-order valence-electron chi connectivity index (χ0n) is 13.8. The standard InChI is InChI=1S/C16H33N2O2/c1-5-7-8-9-10-11-16(20)17(6-2)12-13-18(3,4)14-15-19/h8-9,19H,5-7,10-15H2,1-4H3/q+1/b9-8+. The second-order valence-corrected chi connectivity index (χ2v) is 5.88. The van der Waals surface area contributed by atoms with Gasteiger partial charge in [-0.05, 0) is 19.8 Å².